The predicted octanol–water partition coefficient (Wildman–Crippen LogP) is 5.78. The molecule has 0 saturated heterocycles. The highest BCUT2D eigenvalue weighted by Gasteiger charge is 2.14. The van der Waals surface area contributed by atoms with Crippen molar-refractivity contribution >= 4 is 17.9 Å². The molecule has 0 heterocycles. The van der Waals surface area contributed by atoms with Crippen LogP contribution in [0, 0.1) is 0 Å². The number of ether oxygens (including phenoxy) is 2. The monoisotopic (exact) mass is 350 g/mol. The molecule has 0 spiro atoms. The third-order valence-corrected chi connectivity index (χ3v) is 3.71. The lowest BCUT2D eigenvalue weighted by Gasteiger charge is -2.15. The van der Waals surface area contributed by atoms with Crippen molar-refractivity contribution in [2.75, 3.05) is 0 Å². The summed E-state index contributed by atoms with van der Waals surface area (Å²) in [7, 11) is 0. The topological polar surface area (TPSA) is 35.5 Å². The van der Waals surface area contributed by atoms with Crippen LogP contribution in [0.4, 0.5) is 0 Å². The smallest absolute Gasteiger partial charge is 0.193 e. The Morgan fingerprint density at radius 3 is 1.50 bits per heavy atom. The van der Waals surface area contributed by atoms with Crippen molar-refractivity contribution in [1.29, 1.82) is 0 Å². The summed E-state index contributed by atoms with van der Waals surface area (Å²) >= 11 is 0. The van der Waals surface area contributed by atoms with Gasteiger partial charge in [-0.1, -0.05) is 25.3 Å². The molecular weight excluding hydrogens is 324 g/mol. The molecule has 0 radical (unpaired) electrons. The zero-order valence-electron chi connectivity index (χ0n) is 15.9. The second-order valence-electron chi connectivity index (χ2n) is 6.58. The molecule has 0 atom stereocenters. The maximum atomic E-state index is 12.9. The van der Waals surface area contributed by atoms with Crippen LogP contribution in [0.3, 0.4) is 0 Å². The van der Waals surface area contributed by atoms with Crippen LogP contribution in [0.2, 0.25) is 0 Å². The summed E-state index contributed by atoms with van der Waals surface area (Å²) < 4.78 is 11.5. The van der Waals surface area contributed by atoms with Gasteiger partial charge in [0.1, 0.15) is 11.5 Å². The van der Waals surface area contributed by atoms with Gasteiger partial charge in [-0.05, 0) is 64.1 Å². The first-order chi connectivity index (χ1) is 12.3. The molecule has 0 bridgehead atoms. The molecule has 0 fully saturated rings. The third kappa shape index (κ3) is 4.63. The Morgan fingerprint density at radius 1 is 0.808 bits per heavy atom. The molecule has 0 aliphatic carbocycles. The van der Waals surface area contributed by atoms with E-state index in [4.69, 9.17) is 9.47 Å². The first-order valence-electron chi connectivity index (χ1n) is 8.76. The van der Waals surface area contributed by atoms with Gasteiger partial charge in [-0.2, -0.15) is 0 Å². The van der Waals surface area contributed by atoms with E-state index in [2.05, 4.69) is 13.2 Å². The van der Waals surface area contributed by atoms with E-state index in [0.717, 1.165) is 22.6 Å². The molecule has 0 unspecified atom stereocenters. The van der Waals surface area contributed by atoms with E-state index < -0.39 is 0 Å². The SMILES string of the molecule is C=Cc1cc(C(=O)c2ccc(OC(C)C)c(C=C)c2)ccc1OC(C)C. The average molecular weight is 350 g/mol. The molecule has 0 saturated carbocycles. The highest BCUT2D eigenvalue weighted by atomic mass is 16.5. The summed E-state index contributed by atoms with van der Waals surface area (Å²) in [5.41, 5.74) is 2.77. The van der Waals surface area contributed by atoms with Crippen molar-refractivity contribution in [3.63, 3.8) is 0 Å². The predicted molar refractivity (Wildman–Crippen MR) is 108 cm³/mol. The van der Waals surface area contributed by atoms with E-state index in [0.29, 0.717) is 11.1 Å². The summed E-state index contributed by atoms with van der Waals surface area (Å²) in [6, 6.07) is 10.8. The van der Waals surface area contributed by atoms with Gasteiger partial charge in [-0.3, -0.25) is 4.79 Å². The first kappa shape index (κ1) is 19.5. The van der Waals surface area contributed by atoms with Gasteiger partial charge in [0.05, 0.1) is 12.2 Å². The molecule has 0 aliphatic rings. The molecular formula is C23H26O3. The maximum Gasteiger partial charge on any atom is 0.193 e. The van der Waals surface area contributed by atoms with E-state index in [1.807, 2.05) is 39.8 Å². The number of carbonyl (C=O) groups is 1. The summed E-state index contributed by atoms with van der Waals surface area (Å²) in [5, 5.41) is 0. The fourth-order valence-electron chi connectivity index (χ4n) is 2.59. The highest BCUT2D eigenvalue weighted by Crippen LogP contribution is 2.27. The van der Waals surface area contributed by atoms with E-state index in [-0.39, 0.29) is 18.0 Å². The van der Waals surface area contributed by atoms with Crippen LogP contribution in [0.15, 0.2) is 49.6 Å². The van der Waals surface area contributed by atoms with Crippen LogP contribution >= 0.6 is 0 Å². The molecule has 3 heteroatoms. The Hall–Kier alpha value is -2.81. The quantitative estimate of drug-likeness (QED) is 0.566. The van der Waals surface area contributed by atoms with E-state index in [1.54, 1.807) is 36.4 Å². The maximum absolute atomic E-state index is 12.9. The van der Waals surface area contributed by atoms with Crippen molar-refractivity contribution in [3.05, 3.63) is 71.8 Å². The number of benzene rings is 2. The number of rotatable bonds is 8. The number of ketones is 1. The first-order valence-corrected chi connectivity index (χ1v) is 8.76. The summed E-state index contributed by atoms with van der Waals surface area (Å²) in [5.74, 6) is 1.38. The minimum absolute atomic E-state index is 0.0545. The zero-order valence-corrected chi connectivity index (χ0v) is 15.9. The molecule has 0 N–H and O–H groups in total. The van der Waals surface area contributed by atoms with Crippen molar-refractivity contribution in [1.82, 2.24) is 0 Å². The van der Waals surface area contributed by atoms with Crippen molar-refractivity contribution < 1.29 is 14.3 Å². The number of hydrogen-bond donors (Lipinski definition) is 0. The third-order valence-electron chi connectivity index (χ3n) is 3.71. The molecule has 0 aliphatic heterocycles. The van der Waals surface area contributed by atoms with Gasteiger partial charge in [0, 0.05) is 22.3 Å². The molecule has 2 aromatic carbocycles. The fourth-order valence-corrected chi connectivity index (χ4v) is 2.59. The van der Waals surface area contributed by atoms with Crippen LogP contribution < -0.4 is 9.47 Å². The Labute approximate surface area is 156 Å². The standard InChI is InChI=1S/C23H26O3/c1-7-17-13-19(9-11-21(17)25-15(3)4)23(24)20-10-12-22(26-16(5)6)18(8-2)14-20/h7-16H,1-2H2,3-6H3. The van der Waals surface area contributed by atoms with Crippen LogP contribution in [0.5, 0.6) is 11.5 Å². The van der Waals surface area contributed by atoms with Gasteiger partial charge >= 0.3 is 0 Å². The Morgan fingerprint density at radius 2 is 1.19 bits per heavy atom. The molecule has 2 aromatic rings. The molecule has 0 aromatic heterocycles. The zero-order chi connectivity index (χ0) is 19.3. The summed E-state index contributed by atoms with van der Waals surface area (Å²) in [4.78, 5) is 12.9. The largest absolute Gasteiger partial charge is 0.490 e. The van der Waals surface area contributed by atoms with Gasteiger partial charge in [0.2, 0.25) is 0 Å². The lowest BCUT2D eigenvalue weighted by molar-refractivity contribution is 0.103. The minimum atomic E-state index is -0.0663. The summed E-state index contributed by atoms with van der Waals surface area (Å²) in [6.45, 7) is 15.5. The summed E-state index contributed by atoms with van der Waals surface area (Å²) in [6.07, 6.45) is 3.50. The van der Waals surface area contributed by atoms with Gasteiger partial charge < -0.3 is 9.47 Å². The van der Waals surface area contributed by atoms with Crippen LogP contribution in [0.1, 0.15) is 54.7 Å². The van der Waals surface area contributed by atoms with E-state index in [9.17, 15) is 4.79 Å². The Bertz CT molecular complexity index is 749. The number of hydrogen-bond acceptors (Lipinski definition) is 3. The number of carbonyl (C=O) groups excluding carboxylic acids is 1. The second-order valence-corrected chi connectivity index (χ2v) is 6.58. The van der Waals surface area contributed by atoms with Gasteiger partial charge in [-0.15, -0.1) is 0 Å². The highest BCUT2D eigenvalue weighted by molar-refractivity contribution is 6.09. The molecule has 26 heavy (non-hydrogen) atoms. The van der Waals surface area contributed by atoms with Gasteiger partial charge in [-0.25, -0.2) is 0 Å². The lowest BCUT2D eigenvalue weighted by atomic mass is 9.98. The molecule has 0 amide bonds. The van der Waals surface area contributed by atoms with Crippen LogP contribution in [-0.4, -0.2) is 18.0 Å². The average Bonchev–Trinajstić information content (AvgIpc) is 2.60. The van der Waals surface area contributed by atoms with E-state index >= 15 is 0 Å². The van der Waals surface area contributed by atoms with E-state index in [1.165, 1.54) is 0 Å². The molecule has 3 nitrogen and oxygen atoms in total. The van der Waals surface area contributed by atoms with Gasteiger partial charge in [0.15, 0.2) is 5.78 Å². The normalized spacial score (nSPS) is 10.7. The van der Waals surface area contributed by atoms with Crippen molar-refractivity contribution in [2.24, 2.45) is 0 Å². The minimum Gasteiger partial charge on any atom is -0.490 e. The van der Waals surface area contributed by atoms with Crippen LogP contribution in [0.25, 0.3) is 12.2 Å². The Kier molecular flexibility index (Phi) is 6.40. The van der Waals surface area contributed by atoms with Crippen LogP contribution in [-0.2, 0) is 0 Å². The molecule has 136 valence electrons. The van der Waals surface area contributed by atoms with Crippen molar-refractivity contribution in [2.45, 2.75) is 39.9 Å². The van der Waals surface area contributed by atoms with Gasteiger partial charge in [0.25, 0.3) is 0 Å². The lowest BCUT2D eigenvalue weighted by Crippen LogP contribution is -2.09. The fraction of sp³-hybridized carbons (Fsp3) is 0.261. The van der Waals surface area contributed by atoms with Crippen molar-refractivity contribution in [3.8, 4) is 11.5 Å². The second kappa shape index (κ2) is 8.52. The molecule has 2 rings (SSSR count). The Balaban J connectivity index is 2.36.